The van der Waals surface area contributed by atoms with Crippen LogP contribution in [-0.4, -0.2) is 49.3 Å². The van der Waals surface area contributed by atoms with Gasteiger partial charge in [-0.25, -0.2) is 4.57 Å². The Labute approximate surface area is 402 Å². The van der Waals surface area contributed by atoms with Crippen LogP contribution < -0.4 is 5.73 Å². The standard InChI is InChI=1S/C55H106NO8P/c1-3-5-7-9-11-13-14-15-16-17-18-19-20-21-22-23-24-25-26-27-28-29-30-31-32-33-34-35-36-37-38-40-42-44-46-48-55(58)64-53(52-63-65(59,60)62-50-49-56)51-61-54(57)47-45-43-41-39-12-10-8-6-4-2/h14-15,17-18,53H,3-13,16,19-52,56H2,1-2H3,(H,59,60)/b15-14-,18-17-. The van der Waals surface area contributed by atoms with Crippen molar-refractivity contribution < 1.29 is 37.6 Å². The van der Waals surface area contributed by atoms with Crippen molar-refractivity contribution in [1.29, 1.82) is 0 Å². The third kappa shape index (κ3) is 51.7. The quantitative estimate of drug-likeness (QED) is 0.0264. The number of carbonyl (C=O) groups excluding carboxylic acids is 2. The van der Waals surface area contributed by atoms with Crippen LogP contribution in [0, 0.1) is 0 Å². The smallest absolute Gasteiger partial charge is 0.462 e. The first-order valence-electron chi connectivity index (χ1n) is 27.8. The third-order valence-corrected chi connectivity index (χ3v) is 13.3. The van der Waals surface area contributed by atoms with Crippen LogP contribution in [0.3, 0.4) is 0 Å². The first-order chi connectivity index (χ1) is 31.8. The maximum atomic E-state index is 12.6. The Kier molecular flexibility index (Phi) is 50.7. The van der Waals surface area contributed by atoms with Gasteiger partial charge in [0.2, 0.25) is 0 Å². The Bertz CT molecular complexity index is 1120. The van der Waals surface area contributed by atoms with Gasteiger partial charge in [0.1, 0.15) is 6.61 Å². The van der Waals surface area contributed by atoms with Gasteiger partial charge in [0.25, 0.3) is 0 Å². The molecular formula is C55H106NO8P. The number of allylic oxidation sites excluding steroid dienone is 4. The molecule has 2 atom stereocenters. The van der Waals surface area contributed by atoms with E-state index in [0.29, 0.717) is 6.42 Å². The van der Waals surface area contributed by atoms with E-state index in [1.54, 1.807) is 0 Å². The van der Waals surface area contributed by atoms with Crippen molar-refractivity contribution in [2.24, 2.45) is 5.73 Å². The highest BCUT2D eigenvalue weighted by molar-refractivity contribution is 7.47. The van der Waals surface area contributed by atoms with Gasteiger partial charge in [-0.15, -0.1) is 0 Å². The molecule has 0 fully saturated rings. The molecule has 0 spiro atoms. The summed E-state index contributed by atoms with van der Waals surface area (Å²) in [4.78, 5) is 34.9. The van der Waals surface area contributed by atoms with Crippen LogP contribution in [0.5, 0.6) is 0 Å². The number of hydrogen-bond donors (Lipinski definition) is 2. The summed E-state index contributed by atoms with van der Waals surface area (Å²) in [5, 5.41) is 0. The first-order valence-corrected chi connectivity index (χ1v) is 29.3. The lowest BCUT2D eigenvalue weighted by molar-refractivity contribution is -0.161. The fraction of sp³-hybridized carbons (Fsp3) is 0.891. The van der Waals surface area contributed by atoms with E-state index in [9.17, 15) is 19.0 Å². The Hall–Kier alpha value is -1.51. The van der Waals surface area contributed by atoms with E-state index in [2.05, 4.69) is 38.2 Å². The zero-order chi connectivity index (χ0) is 47.4. The molecule has 2 unspecified atom stereocenters. The van der Waals surface area contributed by atoms with Crippen molar-refractivity contribution >= 4 is 19.8 Å². The summed E-state index contributed by atoms with van der Waals surface area (Å²) in [5.41, 5.74) is 5.36. The fourth-order valence-electron chi connectivity index (χ4n) is 8.20. The predicted octanol–water partition coefficient (Wildman–Crippen LogP) is 17.1. The number of nitrogens with two attached hydrogens (primary N) is 1. The minimum Gasteiger partial charge on any atom is -0.462 e. The first kappa shape index (κ1) is 63.5. The minimum absolute atomic E-state index is 0.0566. The zero-order valence-electron chi connectivity index (χ0n) is 42.7. The SMILES string of the molecule is CCCCCCC/C=C\C/C=C\CCCCCCCCCCCCCCCCCCCCCCCCCC(=O)OC(COC(=O)CCCCCCCCCCC)COP(=O)(O)OCCN. The maximum Gasteiger partial charge on any atom is 0.472 e. The fourth-order valence-corrected chi connectivity index (χ4v) is 8.96. The lowest BCUT2D eigenvalue weighted by Crippen LogP contribution is -2.29. The molecule has 0 saturated carbocycles. The van der Waals surface area contributed by atoms with Crippen LogP contribution in [0.2, 0.25) is 0 Å². The van der Waals surface area contributed by atoms with Crippen molar-refractivity contribution in [3.05, 3.63) is 24.3 Å². The van der Waals surface area contributed by atoms with Crippen LogP contribution in [0.4, 0.5) is 0 Å². The molecule has 0 rings (SSSR count). The summed E-state index contributed by atoms with van der Waals surface area (Å²) in [5.74, 6) is -0.817. The molecule has 65 heavy (non-hydrogen) atoms. The number of unbranched alkanes of at least 4 members (excludes halogenated alkanes) is 36. The van der Waals surface area contributed by atoms with Crippen LogP contribution >= 0.6 is 7.82 Å². The third-order valence-electron chi connectivity index (χ3n) is 12.3. The van der Waals surface area contributed by atoms with E-state index in [-0.39, 0.29) is 38.6 Å². The second-order valence-corrected chi connectivity index (χ2v) is 20.3. The molecule has 0 bridgehead atoms. The second-order valence-electron chi connectivity index (χ2n) is 18.8. The molecule has 0 amide bonds. The summed E-state index contributed by atoms with van der Waals surface area (Å²) in [6.45, 7) is 3.74. The number of rotatable bonds is 53. The van der Waals surface area contributed by atoms with Gasteiger partial charge < -0.3 is 20.1 Å². The van der Waals surface area contributed by atoms with Gasteiger partial charge in [-0.1, -0.05) is 250 Å². The molecular weight excluding hydrogens is 834 g/mol. The van der Waals surface area contributed by atoms with E-state index in [1.165, 1.54) is 212 Å². The Morgan fingerprint density at radius 1 is 0.462 bits per heavy atom. The topological polar surface area (TPSA) is 134 Å². The highest BCUT2D eigenvalue weighted by Crippen LogP contribution is 2.43. The largest absolute Gasteiger partial charge is 0.472 e. The van der Waals surface area contributed by atoms with Gasteiger partial charge in [-0.05, 0) is 44.9 Å². The van der Waals surface area contributed by atoms with Crippen LogP contribution in [0.1, 0.15) is 284 Å². The lowest BCUT2D eigenvalue weighted by Gasteiger charge is -2.19. The molecule has 0 aliphatic rings. The minimum atomic E-state index is -4.37. The molecule has 0 aliphatic heterocycles. The summed E-state index contributed by atoms with van der Waals surface area (Å²) < 4.78 is 32.8. The average molecular weight is 940 g/mol. The normalized spacial score (nSPS) is 13.2. The molecule has 384 valence electrons. The molecule has 0 radical (unpaired) electrons. The second kappa shape index (κ2) is 51.9. The Morgan fingerprint density at radius 3 is 1.17 bits per heavy atom. The molecule has 0 saturated heterocycles. The van der Waals surface area contributed by atoms with Crippen LogP contribution in [0.15, 0.2) is 24.3 Å². The summed E-state index contributed by atoms with van der Waals surface area (Å²) in [6, 6.07) is 0. The van der Waals surface area contributed by atoms with E-state index >= 15 is 0 Å². The van der Waals surface area contributed by atoms with Crippen molar-refractivity contribution in [2.75, 3.05) is 26.4 Å². The van der Waals surface area contributed by atoms with E-state index < -0.39 is 26.5 Å². The molecule has 10 heteroatoms. The van der Waals surface area contributed by atoms with Crippen molar-refractivity contribution in [2.45, 2.75) is 290 Å². The number of phosphoric acid groups is 1. The molecule has 0 aromatic rings. The Balaban J connectivity index is 3.73. The maximum absolute atomic E-state index is 12.6. The highest BCUT2D eigenvalue weighted by Gasteiger charge is 2.26. The predicted molar refractivity (Wildman–Crippen MR) is 275 cm³/mol. The molecule has 0 aromatic heterocycles. The monoisotopic (exact) mass is 940 g/mol. The van der Waals surface area contributed by atoms with Crippen molar-refractivity contribution in [3.63, 3.8) is 0 Å². The van der Waals surface area contributed by atoms with Gasteiger partial charge in [0, 0.05) is 19.4 Å². The van der Waals surface area contributed by atoms with Crippen LogP contribution in [-0.2, 0) is 32.7 Å². The number of ether oxygens (including phenoxy) is 2. The van der Waals surface area contributed by atoms with E-state index in [4.69, 9.17) is 24.3 Å². The number of esters is 2. The molecule has 9 nitrogen and oxygen atoms in total. The summed E-state index contributed by atoms with van der Waals surface area (Å²) in [6.07, 6.45) is 59.8. The summed E-state index contributed by atoms with van der Waals surface area (Å²) in [7, 11) is -4.37. The molecule has 0 heterocycles. The highest BCUT2D eigenvalue weighted by atomic mass is 31.2. The number of phosphoric ester groups is 1. The van der Waals surface area contributed by atoms with E-state index in [1.807, 2.05) is 0 Å². The van der Waals surface area contributed by atoms with Crippen molar-refractivity contribution in [1.82, 2.24) is 0 Å². The van der Waals surface area contributed by atoms with Gasteiger partial charge in [-0.2, -0.15) is 0 Å². The van der Waals surface area contributed by atoms with Gasteiger partial charge in [-0.3, -0.25) is 18.6 Å². The van der Waals surface area contributed by atoms with E-state index in [0.717, 1.165) is 38.5 Å². The Morgan fingerprint density at radius 2 is 0.800 bits per heavy atom. The summed E-state index contributed by atoms with van der Waals surface area (Å²) >= 11 is 0. The van der Waals surface area contributed by atoms with Gasteiger partial charge in [0.05, 0.1) is 13.2 Å². The number of carbonyl (C=O) groups is 2. The van der Waals surface area contributed by atoms with Gasteiger partial charge >= 0.3 is 19.8 Å². The molecule has 0 aromatic carbocycles. The lowest BCUT2D eigenvalue weighted by atomic mass is 10.0. The molecule has 3 N–H and O–H groups in total. The van der Waals surface area contributed by atoms with Crippen LogP contribution in [0.25, 0.3) is 0 Å². The number of hydrogen-bond acceptors (Lipinski definition) is 8. The molecule has 0 aliphatic carbocycles. The van der Waals surface area contributed by atoms with Crippen molar-refractivity contribution in [3.8, 4) is 0 Å². The van der Waals surface area contributed by atoms with Gasteiger partial charge in [0.15, 0.2) is 6.10 Å². The average Bonchev–Trinajstić information content (AvgIpc) is 3.30. The zero-order valence-corrected chi connectivity index (χ0v) is 43.6.